The molecule has 0 rings (SSSR count). The predicted molar refractivity (Wildman–Crippen MR) is 55.2 cm³/mol. The quantitative estimate of drug-likeness (QED) is 0.236. The van der Waals surface area contributed by atoms with Gasteiger partial charge in [0.2, 0.25) is 0 Å². The smallest absolute Gasteiger partial charge is 0.0700 e. The van der Waals surface area contributed by atoms with Crippen molar-refractivity contribution in [2.75, 3.05) is 33.0 Å². The zero-order chi connectivity index (χ0) is 10.5. The maximum Gasteiger partial charge on any atom is 0.0700 e. The van der Waals surface area contributed by atoms with Crippen LogP contribution in [0.4, 0.5) is 0 Å². The fourth-order valence-electron chi connectivity index (χ4n) is 0.972. The van der Waals surface area contributed by atoms with Crippen molar-refractivity contribution in [3.63, 3.8) is 0 Å². The average Bonchev–Trinajstić information content (AvgIpc) is 2.21. The van der Waals surface area contributed by atoms with E-state index in [0.29, 0.717) is 19.8 Å². The third kappa shape index (κ3) is 11.2. The Hall–Kier alpha value is -0.770. The van der Waals surface area contributed by atoms with Gasteiger partial charge in [-0.3, -0.25) is 0 Å². The summed E-state index contributed by atoms with van der Waals surface area (Å²) in [6.45, 7) is 5.42. The monoisotopic (exact) mass is 201 g/mol. The van der Waals surface area contributed by atoms with E-state index in [1.165, 1.54) is 0 Å². The van der Waals surface area contributed by atoms with Crippen LogP contribution in [-0.4, -0.2) is 33.0 Å². The molecule has 82 valence electrons. The molecule has 0 heterocycles. The number of nitrogens with zero attached hydrogens (tertiary/aromatic N) is 3. The van der Waals surface area contributed by atoms with Gasteiger partial charge in [0.15, 0.2) is 0 Å². The average molecular weight is 201 g/mol. The summed E-state index contributed by atoms with van der Waals surface area (Å²) in [5.74, 6) is 0. The summed E-state index contributed by atoms with van der Waals surface area (Å²) >= 11 is 0. The second-order valence-electron chi connectivity index (χ2n) is 2.82. The van der Waals surface area contributed by atoms with Gasteiger partial charge in [0.1, 0.15) is 0 Å². The van der Waals surface area contributed by atoms with E-state index in [4.69, 9.17) is 15.0 Å². The molecule has 0 spiro atoms. The van der Waals surface area contributed by atoms with E-state index >= 15 is 0 Å². The highest BCUT2D eigenvalue weighted by Gasteiger charge is 1.90. The SMILES string of the molecule is CCOCCOCCCCCN=[N+]=[N-]. The Labute approximate surface area is 85.0 Å². The molecule has 0 atom stereocenters. The highest BCUT2D eigenvalue weighted by molar-refractivity contribution is 4.47. The van der Waals surface area contributed by atoms with Crippen LogP contribution in [0, 0.1) is 0 Å². The van der Waals surface area contributed by atoms with Crippen LogP contribution in [0.15, 0.2) is 5.11 Å². The van der Waals surface area contributed by atoms with E-state index in [9.17, 15) is 0 Å². The fraction of sp³-hybridized carbons (Fsp3) is 1.00. The molecule has 5 heteroatoms. The summed E-state index contributed by atoms with van der Waals surface area (Å²) in [6, 6.07) is 0. The molecule has 0 aliphatic heterocycles. The van der Waals surface area contributed by atoms with Crippen molar-refractivity contribution < 1.29 is 9.47 Å². The fourth-order valence-corrected chi connectivity index (χ4v) is 0.972. The third-order valence-electron chi connectivity index (χ3n) is 1.69. The Morgan fingerprint density at radius 1 is 1.07 bits per heavy atom. The first-order chi connectivity index (χ1) is 6.91. The Kier molecular flexibility index (Phi) is 11.6. The molecule has 0 radical (unpaired) electrons. The van der Waals surface area contributed by atoms with Crippen molar-refractivity contribution >= 4 is 0 Å². The minimum Gasteiger partial charge on any atom is -0.379 e. The van der Waals surface area contributed by atoms with Crippen LogP contribution in [0.25, 0.3) is 10.4 Å². The number of azide groups is 1. The number of unbranched alkanes of at least 4 members (excludes halogenated alkanes) is 2. The number of ether oxygens (including phenoxy) is 2. The van der Waals surface area contributed by atoms with Crippen molar-refractivity contribution in [3.05, 3.63) is 10.4 Å². The normalized spacial score (nSPS) is 9.79. The van der Waals surface area contributed by atoms with Crippen molar-refractivity contribution in [2.24, 2.45) is 5.11 Å². The van der Waals surface area contributed by atoms with Crippen LogP contribution in [0.1, 0.15) is 26.2 Å². The third-order valence-corrected chi connectivity index (χ3v) is 1.69. The molecular weight excluding hydrogens is 182 g/mol. The Balaban J connectivity index is 2.88. The van der Waals surface area contributed by atoms with Crippen molar-refractivity contribution in [3.8, 4) is 0 Å². The van der Waals surface area contributed by atoms with Crippen LogP contribution in [0.2, 0.25) is 0 Å². The molecule has 0 N–H and O–H groups in total. The zero-order valence-corrected chi connectivity index (χ0v) is 8.81. The summed E-state index contributed by atoms with van der Waals surface area (Å²) in [7, 11) is 0. The van der Waals surface area contributed by atoms with Crippen molar-refractivity contribution in [1.29, 1.82) is 0 Å². The van der Waals surface area contributed by atoms with Gasteiger partial charge < -0.3 is 9.47 Å². The Morgan fingerprint density at radius 2 is 1.86 bits per heavy atom. The van der Waals surface area contributed by atoms with Gasteiger partial charge in [-0.1, -0.05) is 11.5 Å². The topological polar surface area (TPSA) is 67.2 Å². The molecule has 0 aromatic carbocycles. The molecule has 14 heavy (non-hydrogen) atoms. The van der Waals surface area contributed by atoms with Crippen LogP contribution in [0.3, 0.4) is 0 Å². The van der Waals surface area contributed by atoms with Crippen LogP contribution < -0.4 is 0 Å². The lowest BCUT2D eigenvalue weighted by atomic mass is 10.2. The van der Waals surface area contributed by atoms with Gasteiger partial charge in [0.25, 0.3) is 0 Å². The molecule has 0 bridgehead atoms. The minimum atomic E-state index is 0.593. The van der Waals surface area contributed by atoms with E-state index < -0.39 is 0 Å². The molecule has 0 amide bonds. The van der Waals surface area contributed by atoms with Crippen molar-refractivity contribution in [1.82, 2.24) is 0 Å². The molecule has 5 nitrogen and oxygen atoms in total. The number of hydrogen-bond donors (Lipinski definition) is 0. The first kappa shape index (κ1) is 13.2. The summed E-state index contributed by atoms with van der Waals surface area (Å²) in [6.07, 6.45) is 3.01. The van der Waals surface area contributed by atoms with E-state index in [-0.39, 0.29) is 0 Å². The maximum atomic E-state index is 8.01. The minimum absolute atomic E-state index is 0.593. The molecular formula is C9H19N3O2. The van der Waals surface area contributed by atoms with Gasteiger partial charge >= 0.3 is 0 Å². The molecule has 0 saturated carbocycles. The second kappa shape index (κ2) is 12.2. The molecule has 0 aliphatic rings. The first-order valence-electron chi connectivity index (χ1n) is 5.08. The van der Waals surface area contributed by atoms with Crippen LogP contribution in [-0.2, 0) is 9.47 Å². The van der Waals surface area contributed by atoms with Gasteiger partial charge in [-0.05, 0) is 25.3 Å². The predicted octanol–water partition coefficient (Wildman–Crippen LogP) is 2.52. The van der Waals surface area contributed by atoms with E-state index in [0.717, 1.165) is 32.5 Å². The lowest BCUT2D eigenvalue weighted by Crippen LogP contribution is -2.04. The van der Waals surface area contributed by atoms with Gasteiger partial charge in [0.05, 0.1) is 13.2 Å². The second-order valence-corrected chi connectivity index (χ2v) is 2.82. The number of hydrogen-bond acceptors (Lipinski definition) is 3. The maximum absolute atomic E-state index is 8.01. The summed E-state index contributed by atoms with van der Waals surface area (Å²) in [4.78, 5) is 2.68. The highest BCUT2D eigenvalue weighted by Crippen LogP contribution is 1.96. The van der Waals surface area contributed by atoms with E-state index in [2.05, 4.69) is 10.0 Å². The lowest BCUT2D eigenvalue weighted by molar-refractivity contribution is 0.0513. The molecule has 0 aromatic rings. The highest BCUT2D eigenvalue weighted by atomic mass is 16.5. The Morgan fingerprint density at radius 3 is 2.57 bits per heavy atom. The standard InChI is InChI=1S/C9H19N3O2/c1-2-13-8-9-14-7-5-3-4-6-11-12-10/h2-9H2,1H3. The van der Waals surface area contributed by atoms with Crippen LogP contribution >= 0.6 is 0 Å². The molecule has 0 fully saturated rings. The first-order valence-corrected chi connectivity index (χ1v) is 5.08. The van der Waals surface area contributed by atoms with E-state index in [1.54, 1.807) is 0 Å². The summed E-state index contributed by atoms with van der Waals surface area (Å²) < 4.78 is 10.4. The molecule has 0 aliphatic carbocycles. The van der Waals surface area contributed by atoms with E-state index in [1.807, 2.05) is 6.92 Å². The van der Waals surface area contributed by atoms with Gasteiger partial charge in [-0.15, -0.1) is 0 Å². The van der Waals surface area contributed by atoms with Crippen molar-refractivity contribution in [2.45, 2.75) is 26.2 Å². The Bertz CT molecular complexity index is 158. The summed E-state index contributed by atoms with van der Waals surface area (Å²) in [5, 5.41) is 3.45. The van der Waals surface area contributed by atoms with Crippen LogP contribution in [0.5, 0.6) is 0 Å². The molecule has 0 aromatic heterocycles. The number of rotatable bonds is 10. The zero-order valence-electron chi connectivity index (χ0n) is 8.81. The van der Waals surface area contributed by atoms with Gasteiger partial charge in [-0.25, -0.2) is 0 Å². The van der Waals surface area contributed by atoms with Gasteiger partial charge in [-0.2, -0.15) is 0 Å². The lowest BCUT2D eigenvalue weighted by Gasteiger charge is -2.03. The molecule has 0 unspecified atom stereocenters. The largest absolute Gasteiger partial charge is 0.379 e. The van der Waals surface area contributed by atoms with Gasteiger partial charge in [0, 0.05) is 24.7 Å². The molecule has 0 saturated heterocycles. The summed E-state index contributed by atoms with van der Waals surface area (Å²) in [5.41, 5.74) is 8.01.